The van der Waals surface area contributed by atoms with Crippen molar-refractivity contribution in [2.45, 2.75) is 20.0 Å². The SMILES string of the molecule is COC(=O)c1ccccc1Cn1cc(NC(=O)Cn2cc([N+](=O)[O-])c(C)n2)cn1. The number of anilines is 1. The van der Waals surface area contributed by atoms with Crippen molar-refractivity contribution in [2.75, 3.05) is 12.4 Å². The number of aryl methyl sites for hydroxylation is 1. The molecular formula is C18H18N6O5. The zero-order chi connectivity index (χ0) is 21.0. The number of nitrogens with zero attached hydrogens (tertiary/aromatic N) is 5. The van der Waals surface area contributed by atoms with E-state index >= 15 is 0 Å². The standard InChI is InChI=1S/C18H18N6O5/c1-12-16(24(27)28)10-23(21-12)11-17(25)20-14-7-19-22(9-14)8-13-5-3-4-6-15(13)18(26)29-2/h3-7,9-10H,8,11H2,1-2H3,(H,20,25). The molecule has 11 nitrogen and oxygen atoms in total. The predicted molar refractivity (Wildman–Crippen MR) is 101 cm³/mol. The third-order valence-corrected chi connectivity index (χ3v) is 4.09. The summed E-state index contributed by atoms with van der Waals surface area (Å²) in [6, 6.07) is 7.00. The molecule has 11 heteroatoms. The van der Waals surface area contributed by atoms with Gasteiger partial charge in [-0.15, -0.1) is 0 Å². The van der Waals surface area contributed by atoms with Crippen molar-refractivity contribution in [3.63, 3.8) is 0 Å². The highest BCUT2D eigenvalue weighted by atomic mass is 16.6. The molecule has 1 N–H and O–H groups in total. The number of hydrogen-bond donors (Lipinski definition) is 1. The average Bonchev–Trinajstić information content (AvgIpc) is 3.27. The maximum absolute atomic E-state index is 12.2. The lowest BCUT2D eigenvalue weighted by Crippen LogP contribution is -2.18. The lowest BCUT2D eigenvalue weighted by atomic mass is 10.1. The lowest BCUT2D eigenvalue weighted by molar-refractivity contribution is -0.385. The van der Waals surface area contributed by atoms with Crippen LogP contribution in [-0.4, -0.2) is 43.5 Å². The Balaban J connectivity index is 1.65. The van der Waals surface area contributed by atoms with Gasteiger partial charge < -0.3 is 10.1 Å². The van der Waals surface area contributed by atoms with Gasteiger partial charge in [-0.25, -0.2) is 4.79 Å². The Morgan fingerprint density at radius 1 is 1.24 bits per heavy atom. The maximum atomic E-state index is 12.2. The minimum atomic E-state index is -0.549. The second-order valence-electron chi connectivity index (χ2n) is 6.18. The molecule has 0 aliphatic rings. The largest absolute Gasteiger partial charge is 0.465 e. The van der Waals surface area contributed by atoms with E-state index in [2.05, 4.69) is 15.5 Å². The molecule has 2 aromatic heterocycles. The fourth-order valence-corrected chi connectivity index (χ4v) is 2.77. The zero-order valence-corrected chi connectivity index (χ0v) is 15.7. The average molecular weight is 398 g/mol. The first-order chi connectivity index (χ1) is 13.9. The number of nitro groups is 1. The van der Waals surface area contributed by atoms with Crippen LogP contribution in [0.15, 0.2) is 42.9 Å². The normalized spacial score (nSPS) is 10.6. The van der Waals surface area contributed by atoms with Crippen LogP contribution in [0, 0.1) is 17.0 Å². The van der Waals surface area contributed by atoms with E-state index in [-0.39, 0.29) is 17.9 Å². The third kappa shape index (κ3) is 4.64. The van der Waals surface area contributed by atoms with Crippen molar-refractivity contribution in [2.24, 2.45) is 0 Å². The van der Waals surface area contributed by atoms with Crippen LogP contribution < -0.4 is 5.32 Å². The zero-order valence-electron chi connectivity index (χ0n) is 15.7. The number of rotatable bonds is 7. The van der Waals surface area contributed by atoms with Crippen LogP contribution in [0.1, 0.15) is 21.6 Å². The Morgan fingerprint density at radius 3 is 2.69 bits per heavy atom. The molecule has 0 atom stereocenters. The van der Waals surface area contributed by atoms with Gasteiger partial charge in [-0.05, 0) is 18.6 Å². The number of benzene rings is 1. The van der Waals surface area contributed by atoms with Crippen LogP contribution in [0.5, 0.6) is 0 Å². The second-order valence-corrected chi connectivity index (χ2v) is 6.18. The van der Waals surface area contributed by atoms with Crippen molar-refractivity contribution >= 4 is 23.3 Å². The minimum absolute atomic E-state index is 0.144. The molecule has 0 bridgehead atoms. The molecule has 0 aliphatic heterocycles. The van der Waals surface area contributed by atoms with E-state index in [0.29, 0.717) is 17.8 Å². The van der Waals surface area contributed by atoms with Crippen LogP contribution in [-0.2, 0) is 22.6 Å². The van der Waals surface area contributed by atoms with Gasteiger partial charge in [0.2, 0.25) is 5.91 Å². The van der Waals surface area contributed by atoms with E-state index in [1.165, 1.54) is 31.1 Å². The van der Waals surface area contributed by atoms with Crippen LogP contribution in [0.3, 0.4) is 0 Å². The number of carbonyl (C=O) groups is 2. The summed E-state index contributed by atoms with van der Waals surface area (Å²) < 4.78 is 7.56. The molecule has 29 heavy (non-hydrogen) atoms. The van der Waals surface area contributed by atoms with Crippen LogP contribution in [0.2, 0.25) is 0 Å². The van der Waals surface area contributed by atoms with E-state index in [1.807, 2.05) is 0 Å². The molecule has 0 aliphatic carbocycles. The Bertz CT molecular complexity index is 1070. The number of hydrogen-bond acceptors (Lipinski definition) is 7. The van der Waals surface area contributed by atoms with Crippen molar-refractivity contribution in [1.82, 2.24) is 19.6 Å². The highest BCUT2D eigenvalue weighted by Crippen LogP contribution is 2.16. The molecular weight excluding hydrogens is 380 g/mol. The molecule has 1 amide bonds. The van der Waals surface area contributed by atoms with E-state index in [9.17, 15) is 19.7 Å². The van der Waals surface area contributed by atoms with E-state index in [1.54, 1.807) is 35.1 Å². The lowest BCUT2D eigenvalue weighted by Gasteiger charge is -2.07. The van der Waals surface area contributed by atoms with Crippen molar-refractivity contribution < 1.29 is 19.2 Å². The van der Waals surface area contributed by atoms with E-state index < -0.39 is 16.8 Å². The molecule has 3 rings (SSSR count). The molecule has 0 saturated heterocycles. The van der Waals surface area contributed by atoms with Gasteiger partial charge in [0.15, 0.2) is 0 Å². The topological polar surface area (TPSA) is 134 Å². The summed E-state index contributed by atoms with van der Waals surface area (Å²) in [6.45, 7) is 1.64. The number of nitrogens with one attached hydrogen (secondary N) is 1. The predicted octanol–water partition coefficient (Wildman–Crippen LogP) is 1.77. The molecule has 1 aromatic carbocycles. The Hall–Kier alpha value is -4.02. The first-order valence-electron chi connectivity index (χ1n) is 8.54. The summed E-state index contributed by atoms with van der Waals surface area (Å²) in [5.74, 6) is -0.846. The van der Waals surface area contributed by atoms with Crippen molar-refractivity contribution in [3.8, 4) is 0 Å². The number of aromatic nitrogens is 4. The summed E-state index contributed by atoms with van der Waals surface area (Å²) >= 11 is 0. The smallest absolute Gasteiger partial charge is 0.338 e. The number of esters is 1. The molecule has 2 heterocycles. The van der Waals surface area contributed by atoms with E-state index in [0.717, 1.165) is 5.56 Å². The van der Waals surface area contributed by atoms with Crippen LogP contribution in [0.4, 0.5) is 11.4 Å². The highest BCUT2D eigenvalue weighted by Gasteiger charge is 2.17. The number of carbonyl (C=O) groups excluding carboxylic acids is 2. The molecule has 0 unspecified atom stereocenters. The van der Waals surface area contributed by atoms with Gasteiger partial charge in [0.1, 0.15) is 18.4 Å². The Labute approximate surface area is 165 Å². The minimum Gasteiger partial charge on any atom is -0.465 e. The first-order valence-corrected chi connectivity index (χ1v) is 8.54. The molecule has 0 radical (unpaired) electrons. The Morgan fingerprint density at radius 2 is 2.00 bits per heavy atom. The maximum Gasteiger partial charge on any atom is 0.338 e. The molecule has 150 valence electrons. The van der Waals surface area contributed by atoms with Gasteiger partial charge in [0.25, 0.3) is 0 Å². The summed E-state index contributed by atoms with van der Waals surface area (Å²) in [4.78, 5) is 34.4. The molecule has 3 aromatic rings. The van der Waals surface area contributed by atoms with Crippen molar-refractivity contribution in [1.29, 1.82) is 0 Å². The summed E-state index contributed by atoms with van der Waals surface area (Å²) in [5.41, 5.74) is 1.70. The monoisotopic (exact) mass is 398 g/mol. The van der Waals surface area contributed by atoms with Gasteiger partial charge in [-0.1, -0.05) is 18.2 Å². The molecule has 0 saturated carbocycles. The Kier molecular flexibility index (Phi) is 5.67. The summed E-state index contributed by atoms with van der Waals surface area (Å²) in [5, 5.41) is 21.7. The van der Waals surface area contributed by atoms with Gasteiger partial charge in [-0.2, -0.15) is 10.2 Å². The molecule has 0 fully saturated rings. The first kappa shape index (κ1) is 19.7. The number of amides is 1. The number of methoxy groups -OCH3 is 1. The van der Waals surface area contributed by atoms with Gasteiger partial charge in [-0.3, -0.25) is 24.3 Å². The fraction of sp³-hybridized carbons (Fsp3) is 0.222. The summed E-state index contributed by atoms with van der Waals surface area (Å²) in [7, 11) is 1.32. The summed E-state index contributed by atoms with van der Waals surface area (Å²) in [6.07, 6.45) is 4.29. The fourth-order valence-electron chi connectivity index (χ4n) is 2.77. The molecule has 0 spiro atoms. The van der Waals surface area contributed by atoms with E-state index in [4.69, 9.17) is 4.74 Å². The van der Waals surface area contributed by atoms with Crippen molar-refractivity contribution in [3.05, 3.63) is 69.8 Å². The van der Waals surface area contributed by atoms with Crippen LogP contribution in [0.25, 0.3) is 0 Å². The van der Waals surface area contributed by atoms with Gasteiger partial charge in [0, 0.05) is 6.20 Å². The quantitative estimate of drug-likeness (QED) is 0.364. The van der Waals surface area contributed by atoms with Gasteiger partial charge in [0.05, 0.1) is 36.0 Å². The number of ether oxygens (including phenoxy) is 1. The highest BCUT2D eigenvalue weighted by molar-refractivity contribution is 5.91. The second kappa shape index (κ2) is 8.33. The van der Waals surface area contributed by atoms with Crippen LogP contribution >= 0.6 is 0 Å². The van der Waals surface area contributed by atoms with Gasteiger partial charge >= 0.3 is 11.7 Å². The third-order valence-electron chi connectivity index (χ3n) is 4.09.